The lowest BCUT2D eigenvalue weighted by Gasteiger charge is -2.12. The maximum atomic E-state index is 13.1. The predicted octanol–water partition coefficient (Wildman–Crippen LogP) is 3.08. The normalized spacial score (nSPS) is 12.3. The number of hydrogen-bond donors (Lipinski definition) is 1. The molecule has 0 fully saturated rings. The van der Waals surface area contributed by atoms with Gasteiger partial charge in [0.25, 0.3) is 5.56 Å². The highest BCUT2D eigenvalue weighted by atomic mass is 32.1. The van der Waals surface area contributed by atoms with Gasteiger partial charge in [0.2, 0.25) is 5.91 Å². The Bertz CT molecular complexity index is 916. The van der Waals surface area contributed by atoms with Crippen molar-refractivity contribution >= 4 is 27.5 Å². The quantitative estimate of drug-likeness (QED) is 0.799. The molecular formula is C17H15FN2O2S. The average molecular weight is 330 g/mol. The van der Waals surface area contributed by atoms with Gasteiger partial charge < -0.3 is 5.32 Å². The molecule has 6 heteroatoms. The summed E-state index contributed by atoms with van der Waals surface area (Å²) in [7, 11) is 0. The zero-order valence-electron chi connectivity index (χ0n) is 12.5. The number of benzene rings is 2. The molecule has 0 spiro atoms. The van der Waals surface area contributed by atoms with E-state index in [0.717, 1.165) is 4.70 Å². The highest BCUT2D eigenvalue weighted by molar-refractivity contribution is 7.14. The van der Waals surface area contributed by atoms with Crippen LogP contribution in [0.15, 0.2) is 53.3 Å². The van der Waals surface area contributed by atoms with Gasteiger partial charge >= 0.3 is 0 Å². The molecule has 0 saturated carbocycles. The van der Waals surface area contributed by atoms with Crippen molar-refractivity contribution in [3.05, 3.63) is 70.3 Å². The van der Waals surface area contributed by atoms with Crippen LogP contribution in [0.4, 0.5) is 4.39 Å². The summed E-state index contributed by atoms with van der Waals surface area (Å²) in [5.41, 5.74) is 0.508. The number of rotatable bonds is 4. The predicted molar refractivity (Wildman–Crippen MR) is 89.0 cm³/mol. The van der Waals surface area contributed by atoms with Crippen molar-refractivity contribution in [1.29, 1.82) is 0 Å². The molecular weight excluding hydrogens is 315 g/mol. The molecule has 4 nitrogen and oxygen atoms in total. The van der Waals surface area contributed by atoms with Crippen molar-refractivity contribution < 1.29 is 9.18 Å². The molecule has 0 aliphatic rings. The van der Waals surface area contributed by atoms with Crippen LogP contribution in [0.2, 0.25) is 0 Å². The van der Waals surface area contributed by atoms with Gasteiger partial charge in [0.05, 0.1) is 10.1 Å². The molecule has 0 unspecified atom stereocenters. The molecule has 23 heavy (non-hydrogen) atoms. The van der Waals surface area contributed by atoms with Gasteiger partial charge in [0.1, 0.15) is 11.9 Å². The summed E-state index contributed by atoms with van der Waals surface area (Å²) in [5, 5.41) is 3.35. The minimum atomic E-state index is -0.617. The van der Waals surface area contributed by atoms with E-state index in [1.807, 2.05) is 12.1 Å². The van der Waals surface area contributed by atoms with E-state index in [2.05, 4.69) is 5.32 Å². The first-order valence-corrected chi connectivity index (χ1v) is 7.96. The highest BCUT2D eigenvalue weighted by Crippen LogP contribution is 2.19. The van der Waals surface area contributed by atoms with Gasteiger partial charge in [-0.1, -0.05) is 35.8 Å². The number of nitrogens with zero attached hydrogens (tertiary/aromatic N) is 1. The van der Waals surface area contributed by atoms with Crippen molar-refractivity contribution in [2.75, 3.05) is 0 Å². The van der Waals surface area contributed by atoms with Crippen LogP contribution in [0.5, 0.6) is 0 Å². The van der Waals surface area contributed by atoms with E-state index in [9.17, 15) is 14.0 Å². The SMILES string of the molecule is C[C@H](C(=O)NCc1cccc(F)c1)n1sc2ccccc2c1=O. The Morgan fingerprint density at radius 3 is 2.78 bits per heavy atom. The molecule has 3 rings (SSSR count). The van der Waals surface area contributed by atoms with Crippen LogP contribution in [0.3, 0.4) is 0 Å². The largest absolute Gasteiger partial charge is 0.350 e. The average Bonchev–Trinajstić information content (AvgIpc) is 2.89. The second-order valence-corrected chi connectivity index (χ2v) is 6.26. The first kappa shape index (κ1) is 15.4. The number of nitrogens with one attached hydrogen (secondary N) is 1. The van der Waals surface area contributed by atoms with Crippen LogP contribution in [-0.4, -0.2) is 9.86 Å². The van der Waals surface area contributed by atoms with Crippen molar-refractivity contribution in [2.24, 2.45) is 0 Å². The number of aromatic nitrogens is 1. The van der Waals surface area contributed by atoms with Gasteiger partial charge in [0, 0.05) is 6.54 Å². The van der Waals surface area contributed by atoms with E-state index in [1.54, 1.807) is 31.2 Å². The number of hydrogen-bond acceptors (Lipinski definition) is 3. The molecule has 1 N–H and O–H groups in total. The van der Waals surface area contributed by atoms with Gasteiger partial charge in [-0.05, 0) is 36.8 Å². The summed E-state index contributed by atoms with van der Waals surface area (Å²) in [6.45, 7) is 1.90. The van der Waals surface area contributed by atoms with Crippen molar-refractivity contribution in [1.82, 2.24) is 9.27 Å². The Balaban J connectivity index is 1.76. The monoisotopic (exact) mass is 330 g/mol. The molecule has 0 aliphatic heterocycles. The van der Waals surface area contributed by atoms with Crippen molar-refractivity contribution in [2.45, 2.75) is 19.5 Å². The fourth-order valence-corrected chi connectivity index (χ4v) is 3.37. The van der Waals surface area contributed by atoms with Gasteiger partial charge in [-0.3, -0.25) is 13.5 Å². The number of halogens is 1. The van der Waals surface area contributed by atoms with E-state index in [4.69, 9.17) is 0 Å². The maximum absolute atomic E-state index is 13.1. The summed E-state index contributed by atoms with van der Waals surface area (Å²) < 4.78 is 15.4. The summed E-state index contributed by atoms with van der Waals surface area (Å²) >= 11 is 1.27. The second-order valence-electron chi connectivity index (χ2n) is 5.24. The van der Waals surface area contributed by atoms with Crippen LogP contribution in [0, 0.1) is 5.82 Å². The van der Waals surface area contributed by atoms with Crippen LogP contribution >= 0.6 is 11.5 Å². The van der Waals surface area contributed by atoms with Crippen LogP contribution in [0.25, 0.3) is 10.1 Å². The molecule has 3 aromatic rings. The van der Waals surface area contributed by atoms with Gasteiger partial charge in [-0.2, -0.15) is 0 Å². The van der Waals surface area contributed by atoms with Gasteiger partial charge in [-0.15, -0.1) is 0 Å². The van der Waals surface area contributed by atoms with E-state index >= 15 is 0 Å². The smallest absolute Gasteiger partial charge is 0.269 e. The molecule has 1 heterocycles. The van der Waals surface area contributed by atoms with Gasteiger partial charge in [-0.25, -0.2) is 4.39 Å². The zero-order chi connectivity index (χ0) is 16.4. The first-order chi connectivity index (χ1) is 11.1. The Morgan fingerprint density at radius 1 is 1.26 bits per heavy atom. The summed E-state index contributed by atoms with van der Waals surface area (Å²) in [5.74, 6) is -0.617. The lowest BCUT2D eigenvalue weighted by Crippen LogP contribution is -2.33. The maximum Gasteiger partial charge on any atom is 0.269 e. The molecule has 1 aromatic heterocycles. The molecule has 118 valence electrons. The van der Waals surface area contributed by atoms with E-state index in [0.29, 0.717) is 10.9 Å². The summed E-state index contributed by atoms with van der Waals surface area (Å²) in [6.07, 6.45) is 0. The number of carbonyl (C=O) groups excluding carboxylic acids is 1. The summed E-state index contributed by atoms with van der Waals surface area (Å²) in [4.78, 5) is 24.6. The Kier molecular flexibility index (Phi) is 4.25. The molecule has 2 aromatic carbocycles. The standard InChI is InChI=1S/C17H15FN2O2S/c1-11(16(21)19-10-12-5-4-6-13(18)9-12)20-17(22)14-7-2-3-8-15(14)23-20/h2-9,11H,10H2,1H3,(H,19,21)/t11-/m1/s1. The molecule has 0 aliphatic carbocycles. The molecule has 0 saturated heterocycles. The van der Waals surface area contributed by atoms with Crippen LogP contribution < -0.4 is 10.9 Å². The Hall–Kier alpha value is -2.47. The second kappa shape index (κ2) is 6.34. The lowest BCUT2D eigenvalue weighted by molar-refractivity contribution is -0.123. The number of fused-ring (bicyclic) bond motifs is 1. The molecule has 1 atom stereocenters. The molecule has 1 amide bonds. The first-order valence-electron chi connectivity index (χ1n) is 7.19. The third kappa shape index (κ3) is 3.17. The third-order valence-corrected chi connectivity index (χ3v) is 4.83. The third-order valence-electron chi connectivity index (χ3n) is 3.60. The van der Waals surface area contributed by atoms with Crippen molar-refractivity contribution in [3.8, 4) is 0 Å². The van der Waals surface area contributed by atoms with E-state index < -0.39 is 6.04 Å². The summed E-state index contributed by atoms with van der Waals surface area (Å²) in [6, 6.07) is 12.7. The number of carbonyl (C=O) groups is 1. The number of amides is 1. The van der Waals surface area contributed by atoms with Crippen LogP contribution in [0.1, 0.15) is 18.5 Å². The highest BCUT2D eigenvalue weighted by Gasteiger charge is 2.19. The van der Waals surface area contributed by atoms with Crippen LogP contribution in [-0.2, 0) is 11.3 Å². The van der Waals surface area contributed by atoms with Gasteiger partial charge in [0.15, 0.2) is 0 Å². The topological polar surface area (TPSA) is 51.1 Å². The Labute approximate surface area is 136 Å². The fraction of sp³-hybridized carbons (Fsp3) is 0.176. The fourth-order valence-electron chi connectivity index (χ4n) is 2.33. The minimum Gasteiger partial charge on any atom is -0.350 e. The van der Waals surface area contributed by atoms with Crippen molar-refractivity contribution in [3.63, 3.8) is 0 Å². The molecule has 0 bridgehead atoms. The molecule has 0 radical (unpaired) electrons. The minimum absolute atomic E-state index is 0.168. The zero-order valence-corrected chi connectivity index (χ0v) is 13.3. The van der Waals surface area contributed by atoms with E-state index in [-0.39, 0.29) is 23.8 Å². The Morgan fingerprint density at radius 2 is 2.04 bits per heavy atom. The lowest BCUT2D eigenvalue weighted by atomic mass is 10.2. The van der Waals surface area contributed by atoms with E-state index in [1.165, 1.54) is 27.6 Å².